The summed E-state index contributed by atoms with van der Waals surface area (Å²) in [6, 6.07) is 5.63. The van der Waals surface area contributed by atoms with Gasteiger partial charge in [0.1, 0.15) is 0 Å². The summed E-state index contributed by atoms with van der Waals surface area (Å²) in [6.07, 6.45) is 5.43. The Morgan fingerprint density at radius 2 is 2.12 bits per heavy atom. The topological polar surface area (TPSA) is 104 Å². The van der Waals surface area contributed by atoms with E-state index in [1.807, 2.05) is 13.8 Å². The van der Waals surface area contributed by atoms with Gasteiger partial charge in [-0.05, 0) is 30.5 Å². The molecule has 1 saturated heterocycles. The summed E-state index contributed by atoms with van der Waals surface area (Å²) in [4.78, 5) is 25.9. The van der Waals surface area contributed by atoms with Gasteiger partial charge in [-0.15, -0.1) is 6.42 Å². The van der Waals surface area contributed by atoms with E-state index >= 15 is 0 Å². The molecule has 0 aromatic heterocycles. The molecule has 0 bridgehead atoms. The van der Waals surface area contributed by atoms with Crippen LogP contribution in [0.15, 0.2) is 29.2 Å². The van der Waals surface area contributed by atoms with Crippen LogP contribution in [0.3, 0.4) is 0 Å². The molecule has 1 unspecified atom stereocenters. The fraction of sp³-hybridized carbons (Fsp3) is 0.444. The number of amides is 1. The Balaban J connectivity index is 2.26. The minimum atomic E-state index is -3.81. The monoisotopic (exact) mass is 378 g/mol. The van der Waals surface area contributed by atoms with Gasteiger partial charge in [0.15, 0.2) is 0 Å². The molecule has 0 radical (unpaired) electrons. The smallest absolute Gasteiger partial charge is 0.311 e. The molecule has 1 aromatic rings. The zero-order chi connectivity index (χ0) is 19.5. The molecule has 0 saturated carbocycles. The second-order valence-corrected chi connectivity index (χ2v) is 8.42. The van der Waals surface area contributed by atoms with E-state index in [9.17, 15) is 23.1 Å². The highest BCUT2D eigenvalue weighted by molar-refractivity contribution is 7.89. The lowest BCUT2D eigenvalue weighted by molar-refractivity contribution is -0.150. The van der Waals surface area contributed by atoms with E-state index < -0.39 is 21.4 Å². The molecule has 2 rings (SSSR count). The third-order valence-corrected chi connectivity index (χ3v) is 6.27. The third kappa shape index (κ3) is 3.74. The highest BCUT2D eigenvalue weighted by Gasteiger charge is 2.48. The lowest BCUT2D eigenvalue weighted by Crippen LogP contribution is -2.40. The fourth-order valence-corrected chi connectivity index (χ4v) is 4.08. The van der Waals surface area contributed by atoms with E-state index in [1.54, 1.807) is 0 Å². The Morgan fingerprint density at radius 1 is 1.42 bits per heavy atom. The van der Waals surface area contributed by atoms with Gasteiger partial charge >= 0.3 is 5.97 Å². The van der Waals surface area contributed by atoms with Crippen LogP contribution in [0.5, 0.6) is 0 Å². The largest absolute Gasteiger partial charge is 0.481 e. The van der Waals surface area contributed by atoms with E-state index in [1.165, 1.54) is 29.2 Å². The van der Waals surface area contributed by atoms with Gasteiger partial charge in [-0.1, -0.05) is 25.8 Å². The highest BCUT2D eigenvalue weighted by atomic mass is 32.2. The summed E-state index contributed by atoms with van der Waals surface area (Å²) < 4.78 is 26.6. The molecule has 140 valence electrons. The number of hydrogen-bond acceptors (Lipinski definition) is 4. The number of rotatable bonds is 6. The quantitative estimate of drug-likeness (QED) is 0.723. The van der Waals surface area contributed by atoms with Crippen molar-refractivity contribution in [2.45, 2.75) is 25.2 Å². The molecule has 1 amide bonds. The maximum Gasteiger partial charge on any atom is 0.311 e. The molecule has 1 aliphatic heterocycles. The molecule has 1 heterocycles. The summed E-state index contributed by atoms with van der Waals surface area (Å²) in [7, 11) is -3.81. The summed E-state index contributed by atoms with van der Waals surface area (Å²) in [6.45, 7) is 3.92. The van der Waals surface area contributed by atoms with Crippen LogP contribution >= 0.6 is 0 Å². The number of likely N-dealkylation sites (tertiary alicyclic amines) is 1. The second-order valence-electron chi connectivity index (χ2n) is 6.65. The van der Waals surface area contributed by atoms with Crippen molar-refractivity contribution in [3.63, 3.8) is 0 Å². The molecule has 2 N–H and O–H groups in total. The normalized spacial score (nSPS) is 20.2. The van der Waals surface area contributed by atoms with Crippen LogP contribution < -0.4 is 4.72 Å². The molecule has 8 heteroatoms. The third-order valence-electron chi connectivity index (χ3n) is 4.87. The number of carbonyl (C=O) groups is 2. The van der Waals surface area contributed by atoms with Crippen LogP contribution in [0.1, 0.15) is 30.6 Å². The van der Waals surface area contributed by atoms with Crippen LogP contribution in [0.4, 0.5) is 0 Å². The van der Waals surface area contributed by atoms with Crippen molar-refractivity contribution in [3.8, 4) is 12.3 Å². The van der Waals surface area contributed by atoms with E-state index in [0.29, 0.717) is 13.0 Å². The van der Waals surface area contributed by atoms with Crippen molar-refractivity contribution in [2.24, 2.45) is 11.3 Å². The van der Waals surface area contributed by atoms with E-state index in [2.05, 4.69) is 10.6 Å². The first-order valence-electron chi connectivity index (χ1n) is 8.20. The lowest BCUT2D eigenvalue weighted by atomic mass is 9.76. The van der Waals surface area contributed by atoms with Crippen molar-refractivity contribution in [1.82, 2.24) is 9.62 Å². The van der Waals surface area contributed by atoms with Crippen LogP contribution in [-0.2, 0) is 14.8 Å². The number of nitrogens with zero attached hydrogens (tertiary/aromatic N) is 1. The lowest BCUT2D eigenvalue weighted by Gasteiger charge is -2.28. The summed E-state index contributed by atoms with van der Waals surface area (Å²) in [5.41, 5.74) is -0.785. The average molecular weight is 378 g/mol. The van der Waals surface area contributed by atoms with Crippen LogP contribution in [0.2, 0.25) is 0 Å². The van der Waals surface area contributed by atoms with Crippen molar-refractivity contribution in [1.29, 1.82) is 0 Å². The number of nitrogens with one attached hydrogen (secondary N) is 1. The van der Waals surface area contributed by atoms with Crippen molar-refractivity contribution in [2.75, 3.05) is 19.6 Å². The Bertz CT molecular complexity index is 857. The summed E-state index contributed by atoms with van der Waals surface area (Å²) >= 11 is 0. The SMILES string of the molecule is C#CCNS(=O)(=O)c1cccc(C(=O)N2CCC(C(=O)O)(C(C)C)C2)c1. The van der Waals surface area contributed by atoms with Crippen molar-refractivity contribution in [3.05, 3.63) is 29.8 Å². The minimum absolute atomic E-state index is 0.0637. The maximum atomic E-state index is 12.8. The highest BCUT2D eigenvalue weighted by Crippen LogP contribution is 2.38. The van der Waals surface area contributed by atoms with E-state index in [0.717, 1.165) is 0 Å². The Kier molecular flexibility index (Phi) is 5.74. The molecular weight excluding hydrogens is 356 g/mol. The van der Waals surface area contributed by atoms with Gasteiger partial charge < -0.3 is 10.0 Å². The van der Waals surface area contributed by atoms with Crippen LogP contribution in [0.25, 0.3) is 0 Å². The molecular formula is C18H22N2O5S. The first kappa shape index (κ1) is 19.9. The average Bonchev–Trinajstić information content (AvgIpc) is 3.06. The number of hydrogen-bond donors (Lipinski definition) is 2. The Labute approximate surface area is 153 Å². The van der Waals surface area contributed by atoms with Gasteiger partial charge in [-0.3, -0.25) is 9.59 Å². The van der Waals surface area contributed by atoms with Gasteiger partial charge in [0.25, 0.3) is 5.91 Å². The van der Waals surface area contributed by atoms with Gasteiger partial charge in [-0.2, -0.15) is 4.72 Å². The molecule has 1 atom stereocenters. The van der Waals surface area contributed by atoms with Crippen molar-refractivity contribution >= 4 is 21.9 Å². The predicted molar refractivity (Wildman–Crippen MR) is 95.9 cm³/mol. The molecule has 26 heavy (non-hydrogen) atoms. The maximum absolute atomic E-state index is 12.8. The standard InChI is InChI=1S/C18H22N2O5S/c1-4-9-19-26(24,25)15-7-5-6-14(11-15)16(21)20-10-8-18(12-20,13(2)3)17(22)23/h1,5-7,11,13,19H,8-10,12H2,2-3H3,(H,22,23). The van der Waals surface area contributed by atoms with E-state index in [4.69, 9.17) is 6.42 Å². The minimum Gasteiger partial charge on any atom is -0.481 e. The number of aliphatic carboxylic acids is 1. The van der Waals surface area contributed by atoms with Gasteiger partial charge in [-0.25, -0.2) is 8.42 Å². The second kappa shape index (κ2) is 7.48. The van der Waals surface area contributed by atoms with Gasteiger partial charge in [0.2, 0.25) is 10.0 Å². The molecule has 7 nitrogen and oxygen atoms in total. The Morgan fingerprint density at radius 3 is 2.65 bits per heavy atom. The molecule has 1 aromatic carbocycles. The van der Waals surface area contributed by atoms with Crippen molar-refractivity contribution < 1.29 is 23.1 Å². The van der Waals surface area contributed by atoms with Crippen LogP contribution in [-0.4, -0.2) is 49.9 Å². The predicted octanol–water partition coefficient (Wildman–Crippen LogP) is 1.17. The zero-order valence-electron chi connectivity index (χ0n) is 14.7. The molecule has 0 spiro atoms. The summed E-state index contributed by atoms with van der Waals surface area (Å²) in [5.74, 6) is 0.752. The molecule has 1 fully saturated rings. The first-order chi connectivity index (χ1) is 12.1. The molecule has 0 aliphatic carbocycles. The number of benzene rings is 1. The van der Waals surface area contributed by atoms with Crippen LogP contribution in [0, 0.1) is 23.7 Å². The number of terminal acetylenes is 1. The summed E-state index contributed by atoms with van der Waals surface area (Å²) in [5, 5.41) is 9.60. The Hall–Kier alpha value is -2.37. The fourth-order valence-electron chi connectivity index (χ4n) is 3.10. The number of carbonyl (C=O) groups excluding carboxylic acids is 1. The number of carboxylic acids is 1. The van der Waals surface area contributed by atoms with E-state index in [-0.39, 0.29) is 35.4 Å². The first-order valence-corrected chi connectivity index (χ1v) is 9.68. The number of carboxylic acid groups (broad SMARTS) is 1. The van der Waals surface area contributed by atoms with Gasteiger partial charge in [0, 0.05) is 18.7 Å². The van der Waals surface area contributed by atoms with Gasteiger partial charge in [0.05, 0.1) is 16.9 Å². The molecule has 1 aliphatic rings. The zero-order valence-corrected chi connectivity index (χ0v) is 15.5. The number of sulfonamides is 1.